The van der Waals surface area contributed by atoms with Gasteiger partial charge in [-0.25, -0.2) is 4.98 Å². The zero-order valence-corrected chi connectivity index (χ0v) is 15.4. The lowest BCUT2D eigenvalue weighted by Crippen LogP contribution is -2.41. The summed E-state index contributed by atoms with van der Waals surface area (Å²) in [4.78, 5) is 16.4. The number of nitrogens with two attached hydrogens (primary N) is 1. The Morgan fingerprint density at radius 3 is 2.54 bits per heavy atom. The van der Waals surface area contributed by atoms with Crippen LogP contribution in [0, 0.1) is 5.92 Å². The number of benzene rings is 2. The monoisotopic (exact) mass is 350 g/mol. The van der Waals surface area contributed by atoms with Gasteiger partial charge in [0.2, 0.25) is 5.91 Å². The number of fused-ring (bicyclic) bond motifs is 1. The molecule has 1 atom stereocenters. The summed E-state index contributed by atoms with van der Waals surface area (Å²) in [6.45, 7) is 5.40. The van der Waals surface area contributed by atoms with Crippen LogP contribution in [0.5, 0.6) is 0 Å². The predicted molar refractivity (Wildman–Crippen MR) is 105 cm³/mol. The van der Waals surface area contributed by atoms with Crippen molar-refractivity contribution in [3.63, 3.8) is 0 Å². The zero-order valence-electron chi connectivity index (χ0n) is 15.4. The molecule has 1 amide bonds. The van der Waals surface area contributed by atoms with Gasteiger partial charge in [0.25, 0.3) is 0 Å². The number of nitrogens with zero attached hydrogens (tertiary/aromatic N) is 2. The maximum absolute atomic E-state index is 12.0. The minimum atomic E-state index is -0.441. The molecule has 0 aliphatic carbocycles. The van der Waals surface area contributed by atoms with E-state index in [2.05, 4.69) is 46.9 Å². The van der Waals surface area contributed by atoms with Crippen LogP contribution in [0.4, 0.5) is 0 Å². The van der Waals surface area contributed by atoms with Gasteiger partial charge in [0.1, 0.15) is 0 Å². The number of para-hydroxylation sites is 2. The third-order valence-electron chi connectivity index (χ3n) is 4.43. The summed E-state index contributed by atoms with van der Waals surface area (Å²) in [5.74, 6) is 0.321. The van der Waals surface area contributed by atoms with Crippen molar-refractivity contribution in [3.05, 3.63) is 66.0 Å². The van der Waals surface area contributed by atoms with Crippen molar-refractivity contribution in [2.24, 2.45) is 11.7 Å². The van der Waals surface area contributed by atoms with Crippen LogP contribution >= 0.6 is 0 Å². The average Bonchev–Trinajstić information content (AvgIpc) is 3.03. The molecule has 0 fully saturated rings. The second-order valence-electron chi connectivity index (χ2n) is 7.13. The molecule has 0 unspecified atom stereocenters. The topological polar surface area (TPSA) is 72.9 Å². The number of hydrogen-bond donors (Lipinski definition) is 2. The van der Waals surface area contributed by atoms with Crippen LogP contribution in [0.2, 0.25) is 0 Å². The molecule has 136 valence electrons. The van der Waals surface area contributed by atoms with Gasteiger partial charge in [-0.05, 0) is 35.6 Å². The first-order valence-electron chi connectivity index (χ1n) is 9.04. The summed E-state index contributed by atoms with van der Waals surface area (Å²) in [6, 6.07) is 15.9. The van der Waals surface area contributed by atoms with Gasteiger partial charge in [-0.2, -0.15) is 0 Å². The number of imidazole rings is 1. The van der Waals surface area contributed by atoms with Gasteiger partial charge in [0, 0.05) is 13.1 Å². The van der Waals surface area contributed by atoms with Crippen LogP contribution in [-0.2, 0) is 17.9 Å². The van der Waals surface area contributed by atoms with Gasteiger partial charge in [0.15, 0.2) is 0 Å². The van der Waals surface area contributed by atoms with Crippen molar-refractivity contribution in [1.82, 2.24) is 14.9 Å². The first kappa shape index (κ1) is 18.1. The molecule has 0 saturated carbocycles. The van der Waals surface area contributed by atoms with Crippen molar-refractivity contribution in [2.45, 2.75) is 39.4 Å². The minimum absolute atomic E-state index is 0.0901. The van der Waals surface area contributed by atoms with Gasteiger partial charge in [0.05, 0.1) is 23.4 Å². The highest BCUT2D eigenvalue weighted by Gasteiger charge is 2.14. The molecule has 3 aromatic rings. The van der Waals surface area contributed by atoms with E-state index in [9.17, 15) is 4.79 Å². The van der Waals surface area contributed by atoms with Crippen LogP contribution in [0.1, 0.15) is 31.4 Å². The molecule has 0 aliphatic heterocycles. The zero-order chi connectivity index (χ0) is 18.5. The van der Waals surface area contributed by atoms with E-state index in [0.717, 1.165) is 23.1 Å². The van der Waals surface area contributed by atoms with Gasteiger partial charge in [-0.15, -0.1) is 0 Å². The molecule has 0 bridgehead atoms. The second-order valence-corrected chi connectivity index (χ2v) is 7.13. The fourth-order valence-corrected chi connectivity index (χ4v) is 3.03. The van der Waals surface area contributed by atoms with Gasteiger partial charge < -0.3 is 15.6 Å². The second kappa shape index (κ2) is 8.15. The summed E-state index contributed by atoms with van der Waals surface area (Å²) < 4.78 is 2.14. The lowest BCUT2D eigenvalue weighted by atomic mass is 10.0. The predicted octanol–water partition coefficient (Wildman–Crippen LogP) is 3.07. The van der Waals surface area contributed by atoms with Crippen molar-refractivity contribution in [3.8, 4) is 0 Å². The third-order valence-corrected chi connectivity index (χ3v) is 4.43. The molecule has 1 aromatic heterocycles. The average molecular weight is 350 g/mol. The fourth-order valence-electron chi connectivity index (χ4n) is 3.03. The van der Waals surface area contributed by atoms with Crippen LogP contribution in [0.3, 0.4) is 0 Å². The van der Waals surface area contributed by atoms with Crippen LogP contribution in [-0.4, -0.2) is 21.5 Å². The molecule has 2 aromatic carbocycles. The number of carbonyl (C=O) groups excluding carboxylic acids is 1. The Labute approximate surface area is 154 Å². The van der Waals surface area contributed by atoms with E-state index in [-0.39, 0.29) is 5.91 Å². The largest absolute Gasteiger partial charge is 0.351 e. The Balaban J connectivity index is 1.58. The lowest BCUT2D eigenvalue weighted by Gasteiger charge is -2.14. The highest BCUT2D eigenvalue weighted by molar-refractivity contribution is 5.81. The highest BCUT2D eigenvalue weighted by Crippen LogP contribution is 2.14. The number of carbonyl (C=O) groups is 1. The van der Waals surface area contributed by atoms with Gasteiger partial charge in [-0.1, -0.05) is 50.2 Å². The van der Waals surface area contributed by atoms with Gasteiger partial charge >= 0.3 is 0 Å². The molecule has 0 saturated heterocycles. The van der Waals surface area contributed by atoms with Gasteiger partial charge in [-0.3, -0.25) is 4.79 Å². The summed E-state index contributed by atoms with van der Waals surface area (Å²) in [5.41, 5.74) is 10.3. The van der Waals surface area contributed by atoms with E-state index >= 15 is 0 Å². The number of aromatic nitrogens is 2. The Hall–Kier alpha value is -2.66. The first-order valence-corrected chi connectivity index (χ1v) is 9.04. The van der Waals surface area contributed by atoms with Crippen molar-refractivity contribution in [2.75, 3.05) is 0 Å². The summed E-state index contributed by atoms with van der Waals surface area (Å²) >= 11 is 0. The molecule has 5 nitrogen and oxygen atoms in total. The lowest BCUT2D eigenvalue weighted by molar-refractivity contribution is -0.122. The van der Waals surface area contributed by atoms with E-state index in [1.165, 1.54) is 5.56 Å². The summed E-state index contributed by atoms with van der Waals surface area (Å²) in [7, 11) is 0. The fraction of sp³-hybridized carbons (Fsp3) is 0.333. The maximum Gasteiger partial charge on any atom is 0.237 e. The van der Waals surface area contributed by atoms with Crippen LogP contribution in [0.15, 0.2) is 54.9 Å². The van der Waals surface area contributed by atoms with Crippen molar-refractivity contribution < 1.29 is 4.79 Å². The molecule has 1 heterocycles. The van der Waals surface area contributed by atoms with Crippen molar-refractivity contribution in [1.29, 1.82) is 0 Å². The Morgan fingerprint density at radius 1 is 1.12 bits per heavy atom. The molecule has 26 heavy (non-hydrogen) atoms. The van der Waals surface area contributed by atoms with E-state index < -0.39 is 6.04 Å². The van der Waals surface area contributed by atoms with E-state index in [1.807, 2.05) is 36.7 Å². The van der Waals surface area contributed by atoms with Crippen LogP contribution in [0.25, 0.3) is 11.0 Å². The van der Waals surface area contributed by atoms with E-state index in [4.69, 9.17) is 5.73 Å². The summed E-state index contributed by atoms with van der Waals surface area (Å²) in [6.07, 6.45) is 2.57. The number of nitrogens with one attached hydrogen (secondary N) is 1. The normalized spacial score (nSPS) is 12.5. The summed E-state index contributed by atoms with van der Waals surface area (Å²) in [5, 5.41) is 2.91. The smallest absolute Gasteiger partial charge is 0.237 e. The number of hydrogen-bond acceptors (Lipinski definition) is 3. The number of amides is 1. The van der Waals surface area contributed by atoms with Crippen molar-refractivity contribution >= 4 is 16.9 Å². The molecule has 0 radical (unpaired) electrons. The van der Waals surface area contributed by atoms with E-state index in [1.54, 1.807) is 0 Å². The van der Waals surface area contributed by atoms with Crippen LogP contribution < -0.4 is 11.1 Å². The molecule has 3 N–H and O–H groups in total. The molecule has 0 spiro atoms. The first-order chi connectivity index (χ1) is 12.5. The Morgan fingerprint density at radius 2 is 1.81 bits per heavy atom. The highest BCUT2D eigenvalue weighted by atomic mass is 16.2. The minimum Gasteiger partial charge on any atom is -0.351 e. The molecular weight excluding hydrogens is 324 g/mol. The quantitative estimate of drug-likeness (QED) is 0.688. The Kier molecular flexibility index (Phi) is 5.68. The van der Waals surface area contributed by atoms with E-state index in [0.29, 0.717) is 18.9 Å². The Bertz CT molecular complexity index is 867. The SMILES string of the molecule is CC(C)C[C@H](N)C(=O)NCc1ccc(Cn2cnc3ccccc32)cc1. The molecule has 5 heteroatoms. The molecule has 3 rings (SSSR count). The molecular formula is C21H26N4O. The maximum atomic E-state index is 12.0. The third kappa shape index (κ3) is 4.49. The molecule has 0 aliphatic rings. The number of rotatable bonds is 7. The standard InChI is InChI=1S/C21H26N4O/c1-15(2)11-18(22)21(26)23-12-16-7-9-17(10-8-16)13-25-14-24-19-5-3-4-6-20(19)25/h3-10,14-15,18H,11-13,22H2,1-2H3,(H,23,26)/t18-/m0/s1.